The molecule has 4 heterocycles. The molecule has 5 rings (SSSR count). The molecule has 2 aromatic heterocycles. The van der Waals surface area contributed by atoms with Gasteiger partial charge in [-0.15, -0.1) is 0 Å². The Labute approximate surface area is 199 Å². The second kappa shape index (κ2) is 8.53. The topological polar surface area (TPSA) is 114 Å². The first-order valence-electron chi connectivity index (χ1n) is 11.9. The average molecular weight is 465 g/mol. The Morgan fingerprint density at radius 2 is 1.76 bits per heavy atom. The highest BCUT2D eigenvalue weighted by atomic mass is 16.5. The normalized spacial score (nSPS) is 21.1. The van der Waals surface area contributed by atoms with Gasteiger partial charge < -0.3 is 24.8 Å². The Balaban J connectivity index is 1.53. The first-order chi connectivity index (χ1) is 16.3. The van der Waals surface area contributed by atoms with E-state index in [0.29, 0.717) is 56.2 Å². The van der Waals surface area contributed by atoms with Gasteiger partial charge in [0.25, 0.3) is 5.89 Å². The lowest BCUT2D eigenvalue weighted by Gasteiger charge is -2.52. The van der Waals surface area contributed by atoms with Crippen molar-refractivity contribution in [3.63, 3.8) is 0 Å². The summed E-state index contributed by atoms with van der Waals surface area (Å²) in [5, 5.41) is 30.6. The molecule has 34 heavy (non-hydrogen) atoms. The molecule has 8 nitrogen and oxygen atoms in total. The largest absolute Gasteiger partial charge is 0.382 e. The Morgan fingerprint density at radius 1 is 1.06 bits per heavy atom. The van der Waals surface area contributed by atoms with Crippen LogP contribution in [-0.2, 0) is 15.9 Å². The van der Waals surface area contributed by atoms with Gasteiger partial charge in [0.1, 0.15) is 11.2 Å². The number of nitrogens with one attached hydrogen (secondary N) is 1. The molecule has 3 aromatic rings. The minimum Gasteiger partial charge on any atom is -0.382 e. The zero-order valence-electron chi connectivity index (χ0n) is 19.9. The van der Waals surface area contributed by atoms with Crippen LogP contribution in [0.1, 0.15) is 62.0 Å². The predicted molar refractivity (Wildman–Crippen MR) is 126 cm³/mol. The third kappa shape index (κ3) is 3.75. The monoisotopic (exact) mass is 464 g/mol. The number of aliphatic hydroxyl groups is 2. The van der Waals surface area contributed by atoms with Crippen LogP contribution in [0.4, 0.5) is 0 Å². The number of aromatic nitrogens is 3. The fourth-order valence-electron chi connectivity index (χ4n) is 4.95. The number of nitrogens with zero attached hydrogens (tertiary/aromatic N) is 3. The molecule has 0 amide bonds. The first-order valence-corrected chi connectivity index (χ1v) is 11.9. The van der Waals surface area contributed by atoms with E-state index < -0.39 is 16.6 Å². The van der Waals surface area contributed by atoms with Gasteiger partial charge in [-0.05, 0) is 23.1 Å². The van der Waals surface area contributed by atoms with Crippen LogP contribution < -0.4 is 5.32 Å². The van der Waals surface area contributed by atoms with E-state index in [1.54, 1.807) is 12.4 Å². The second-order valence-corrected chi connectivity index (χ2v) is 10.2. The third-order valence-corrected chi connectivity index (χ3v) is 7.46. The van der Waals surface area contributed by atoms with Gasteiger partial charge in [0, 0.05) is 62.5 Å². The van der Waals surface area contributed by atoms with Gasteiger partial charge in [0.15, 0.2) is 0 Å². The van der Waals surface area contributed by atoms with Crippen molar-refractivity contribution < 1.29 is 19.5 Å². The molecule has 180 valence electrons. The van der Waals surface area contributed by atoms with E-state index in [0.717, 1.165) is 5.56 Å². The maximum atomic E-state index is 12.3. The zero-order chi connectivity index (χ0) is 24.0. The Morgan fingerprint density at radius 3 is 2.38 bits per heavy atom. The molecule has 0 saturated carbocycles. The zero-order valence-corrected chi connectivity index (χ0v) is 19.9. The van der Waals surface area contributed by atoms with Gasteiger partial charge >= 0.3 is 0 Å². The van der Waals surface area contributed by atoms with Crippen LogP contribution in [0.5, 0.6) is 0 Å². The lowest BCUT2D eigenvalue weighted by atomic mass is 9.63. The van der Waals surface area contributed by atoms with Crippen molar-refractivity contribution in [2.75, 3.05) is 26.3 Å². The minimum absolute atomic E-state index is 0.255. The van der Waals surface area contributed by atoms with Crippen molar-refractivity contribution >= 4 is 0 Å². The van der Waals surface area contributed by atoms with Crippen LogP contribution in [0.2, 0.25) is 0 Å². The Bertz CT molecular complexity index is 1150. The van der Waals surface area contributed by atoms with Crippen LogP contribution in [0.15, 0.2) is 47.2 Å². The van der Waals surface area contributed by atoms with E-state index >= 15 is 0 Å². The van der Waals surface area contributed by atoms with Crippen LogP contribution >= 0.6 is 0 Å². The molecule has 0 aliphatic carbocycles. The van der Waals surface area contributed by atoms with Crippen molar-refractivity contribution in [2.24, 2.45) is 5.41 Å². The van der Waals surface area contributed by atoms with Gasteiger partial charge in [0.05, 0.1) is 5.56 Å². The van der Waals surface area contributed by atoms with Crippen LogP contribution in [0.3, 0.4) is 0 Å². The van der Waals surface area contributed by atoms with Crippen LogP contribution in [0, 0.1) is 5.41 Å². The highest BCUT2D eigenvalue weighted by Gasteiger charge is 2.53. The van der Waals surface area contributed by atoms with Gasteiger partial charge in [-0.3, -0.25) is 4.98 Å². The molecule has 0 radical (unpaired) electrons. The maximum Gasteiger partial charge on any atom is 0.259 e. The summed E-state index contributed by atoms with van der Waals surface area (Å²) < 4.78 is 10.9. The molecule has 1 atom stereocenters. The summed E-state index contributed by atoms with van der Waals surface area (Å²) in [6.45, 7) is 8.65. The van der Waals surface area contributed by atoms with Crippen LogP contribution in [-0.4, -0.2) is 51.6 Å². The summed E-state index contributed by atoms with van der Waals surface area (Å²) in [6, 6.07) is 10.0. The molecule has 3 N–H and O–H groups in total. The summed E-state index contributed by atoms with van der Waals surface area (Å²) in [5.41, 5.74) is 0.468. The summed E-state index contributed by atoms with van der Waals surface area (Å²) in [6.07, 6.45) is 4.18. The Kier molecular flexibility index (Phi) is 5.80. The van der Waals surface area contributed by atoms with E-state index in [1.807, 2.05) is 18.2 Å². The van der Waals surface area contributed by atoms with E-state index in [9.17, 15) is 10.2 Å². The SMILES string of the molecule is CC(C)c1ccc([C@](O)(c2cncc(-c3nc(C4(O)CCOCC4)no3)c2)C2(C)CNC2)cc1. The second-order valence-electron chi connectivity index (χ2n) is 10.2. The molecule has 0 unspecified atom stereocenters. The van der Waals surface area contributed by atoms with E-state index in [-0.39, 0.29) is 11.7 Å². The molecule has 0 bridgehead atoms. The molecule has 0 spiro atoms. The van der Waals surface area contributed by atoms with Crippen molar-refractivity contribution in [1.82, 2.24) is 20.4 Å². The lowest BCUT2D eigenvalue weighted by molar-refractivity contribution is -0.0769. The van der Waals surface area contributed by atoms with Gasteiger partial charge in [-0.2, -0.15) is 4.98 Å². The number of hydrogen-bond donors (Lipinski definition) is 3. The predicted octanol–water partition coefficient (Wildman–Crippen LogP) is 3.10. The van der Waals surface area contributed by atoms with Crippen molar-refractivity contribution in [3.8, 4) is 11.5 Å². The number of pyridine rings is 1. The smallest absolute Gasteiger partial charge is 0.259 e. The van der Waals surface area contributed by atoms with Crippen molar-refractivity contribution in [3.05, 3.63) is 65.2 Å². The number of rotatable bonds is 6. The van der Waals surface area contributed by atoms with Gasteiger partial charge in [0.2, 0.25) is 5.82 Å². The van der Waals surface area contributed by atoms with Crippen molar-refractivity contribution in [1.29, 1.82) is 0 Å². The third-order valence-electron chi connectivity index (χ3n) is 7.46. The highest BCUT2D eigenvalue weighted by molar-refractivity contribution is 5.55. The number of ether oxygens (including phenoxy) is 1. The first kappa shape index (κ1) is 23.1. The molecule has 2 aliphatic rings. The Hall–Kier alpha value is -2.65. The molecule has 1 aromatic carbocycles. The maximum absolute atomic E-state index is 12.3. The van der Waals surface area contributed by atoms with Gasteiger partial charge in [-0.25, -0.2) is 0 Å². The molecule has 2 saturated heterocycles. The molecule has 2 fully saturated rings. The summed E-state index contributed by atoms with van der Waals surface area (Å²) in [4.78, 5) is 8.90. The highest BCUT2D eigenvalue weighted by Crippen LogP contribution is 2.48. The quantitative estimate of drug-likeness (QED) is 0.510. The summed E-state index contributed by atoms with van der Waals surface area (Å²) >= 11 is 0. The molecular weight excluding hydrogens is 432 g/mol. The average Bonchev–Trinajstić information content (AvgIpc) is 3.34. The minimum atomic E-state index is -1.27. The van der Waals surface area contributed by atoms with Crippen LogP contribution in [0.25, 0.3) is 11.5 Å². The molecule has 8 heteroatoms. The van der Waals surface area contributed by atoms with E-state index in [2.05, 4.69) is 53.3 Å². The fraction of sp³-hybridized carbons (Fsp3) is 0.500. The molecule has 2 aliphatic heterocycles. The standard InChI is InChI=1S/C26H32N4O4/c1-17(2)18-4-6-20(7-5-18)26(32,24(3)15-28-16-24)21-12-19(13-27-14-21)22-29-23(30-34-22)25(31)8-10-33-11-9-25/h4-7,12-14,17,28,31-32H,8-11,15-16H2,1-3H3/t26-/m0/s1. The number of benzene rings is 1. The van der Waals surface area contributed by atoms with E-state index in [4.69, 9.17) is 9.26 Å². The number of hydrogen-bond acceptors (Lipinski definition) is 8. The molecular formula is C26H32N4O4. The lowest BCUT2D eigenvalue weighted by Crippen LogP contribution is -2.63. The summed E-state index contributed by atoms with van der Waals surface area (Å²) in [7, 11) is 0. The fourth-order valence-corrected chi connectivity index (χ4v) is 4.95. The summed E-state index contributed by atoms with van der Waals surface area (Å²) in [5.74, 6) is 0.926. The van der Waals surface area contributed by atoms with Gasteiger partial charge in [-0.1, -0.05) is 50.2 Å². The van der Waals surface area contributed by atoms with Crippen molar-refractivity contribution in [2.45, 2.75) is 50.7 Å². The van der Waals surface area contributed by atoms with E-state index in [1.165, 1.54) is 5.56 Å².